The van der Waals surface area contributed by atoms with Crippen molar-refractivity contribution < 1.29 is 18.3 Å². The van der Waals surface area contributed by atoms with Gasteiger partial charge in [-0.15, -0.1) is 0 Å². The second kappa shape index (κ2) is 7.27. The van der Waals surface area contributed by atoms with Crippen LogP contribution in [0, 0.1) is 0 Å². The predicted octanol–water partition coefficient (Wildman–Crippen LogP) is 3.66. The molecule has 0 radical (unpaired) electrons. The molecule has 1 aliphatic rings. The predicted molar refractivity (Wildman–Crippen MR) is 76.2 cm³/mol. The molecule has 1 unspecified atom stereocenters. The summed E-state index contributed by atoms with van der Waals surface area (Å²) < 4.78 is 39.3. The number of aliphatic hydroxyl groups excluding tert-OH is 1. The van der Waals surface area contributed by atoms with E-state index in [1.165, 1.54) is 25.0 Å². The minimum absolute atomic E-state index is 0.205. The van der Waals surface area contributed by atoms with E-state index >= 15 is 0 Å². The summed E-state index contributed by atoms with van der Waals surface area (Å²) in [4.78, 5) is 2.18. The summed E-state index contributed by atoms with van der Waals surface area (Å²) in [6, 6.07) is 5.59. The molecular weight excluding hydrogens is 279 g/mol. The van der Waals surface area contributed by atoms with Crippen molar-refractivity contribution in [3.63, 3.8) is 0 Å². The van der Waals surface area contributed by atoms with Crippen LogP contribution in [0.1, 0.15) is 42.7 Å². The lowest BCUT2D eigenvalue weighted by Gasteiger charge is -2.27. The Morgan fingerprint density at radius 2 is 1.67 bits per heavy atom. The van der Waals surface area contributed by atoms with E-state index < -0.39 is 17.7 Å². The zero-order valence-electron chi connectivity index (χ0n) is 12.1. The molecular formula is C16H22F3NO. The molecule has 2 rings (SSSR count). The average Bonchev–Trinajstić information content (AvgIpc) is 2.72. The van der Waals surface area contributed by atoms with Crippen LogP contribution in [-0.4, -0.2) is 36.2 Å². The maximum absolute atomic E-state index is 13.1. The van der Waals surface area contributed by atoms with E-state index in [4.69, 9.17) is 0 Å². The van der Waals surface area contributed by atoms with Gasteiger partial charge in [0.05, 0.1) is 12.2 Å². The van der Waals surface area contributed by atoms with Gasteiger partial charge in [0.2, 0.25) is 0 Å². The molecule has 0 saturated carbocycles. The normalized spacial score (nSPS) is 19.2. The molecule has 1 fully saturated rings. The molecule has 0 spiro atoms. The number of benzene rings is 1. The number of halogens is 3. The molecule has 1 aromatic rings. The molecule has 2 nitrogen and oxygen atoms in total. The third-order valence-corrected chi connectivity index (χ3v) is 4.10. The van der Waals surface area contributed by atoms with Crippen LogP contribution in [0.15, 0.2) is 24.3 Å². The minimum atomic E-state index is -4.37. The minimum Gasteiger partial charge on any atom is -0.396 e. The van der Waals surface area contributed by atoms with Gasteiger partial charge in [0.25, 0.3) is 0 Å². The maximum atomic E-state index is 13.1. The van der Waals surface area contributed by atoms with Crippen molar-refractivity contribution in [1.29, 1.82) is 0 Å². The summed E-state index contributed by atoms with van der Waals surface area (Å²) in [6.45, 7) is 2.04. The molecule has 1 N–H and O–H groups in total. The Morgan fingerprint density at radius 3 is 2.24 bits per heavy atom. The number of rotatable bonds is 4. The fourth-order valence-corrected chi connectivity index (χ4v) is 3.00. The van der Waals surface area contributed by atoms with Crippen LogP contribution in [0.3, 0.4) is 0 Å². The highest BCUT2D eigenvalue weighted by Crippen LogP contribution is 2.35. The first-order valence-corrected chi connectivity index (χ1v) is 7.51. The summed E-state index contributed by atoms with van der Waals surface area (Å²) in [5.41, 5.74) is -0.421. The van der Waals surface area contributed by atoms with Crippen LogP contribution in [0.25, 0.3) is 0 Å². The lowest BCUT2D eigenvalue weighted by Crippen LogP contribution is -2.31. The highest BCUT2D eigenvalue weighted by molar-refractivity contribution is 5.33. The van der Waals surface area contributed by atoms with E-state index in [2.05, 4.69) is 4.90 Å². The third-order valence-electron chi connectivity index (χ3n) is 4.10. The molecule has 1 heterocycles. The van der Waals surface area contributed by atoms with Crippen LogP contribution >= 0.6 is 0 Å². The van der Waals surface area contributed by atoms with E-state index in [1.54, 1.807) is 6.07 Å². The molecule has 21 heavy (non-hydrogen) atoms. The van der Waals surface area contributed by atoms with Crippen LogP contribution < -0.4 is 0 Å². The van der Waals surface area contributed by atoms with Gasteiger partial charge in [-0.3, -0.25) is 0 Å². The second-order valence-electron chi connectivity index (χ2n) is 5.68. The fraction of sp³-hybridized carbons (Fsp3) is 0.625. The van der Waals surface area contributed by atoms with Gasteiger partial charge in [-0.2, -0.15) is 13.2 Å². The highest BCUT2D eigenvalue weighted by Gasteiger charge is 2.35. The summed E-state index contributed by atoms with van der Waals surface area (Å²) in [6.07, 6.45) is 0.153. The lowest BCUT2D eigenvalue weighted by atomic mass is 9.93. The maximum Gasteiger partial charge on any atom is 0.416 e. The summed E-state index contributed by atoms with van der Waals surface area (Å²) >= 11 is 0. The van der Waals surface area contributed by atoms with Crippen molar-refractivity contribution in [2.75, 3.05) is 26.2 Å². The Morgan fingerprint density at radius 1 is 1.05 bits per heavy atom. The van der Waals surface area contributed by atoms with Crippen molar-refractivity contribution >= 4 is 0 Å². The zero-order valence-corrected chi connectivity index (χ0v) is 12.1. The molecule has 1 aliphatic heterocycles. The summed E-state index contributed by atoms with van der Waals surface area (Å²) in [5, 5.41) is 9.58. The Balaban J connectivity index is 2.17. The molecule has 0 aromatic heterocycles. The van der Waals surface area contributed by atoms with E-state index in [0.717, 1.165) is 32.0 Å². The van der Waals surface area contributed by atoms with Gasteiger partial charge in [0, 0.05) is 12.5 Å². The first kappa shape index (κ1) is 16.3. The van der Waals surface area contributed by atoms with Gasteiger partial charge in [-0.1, -0.05) is 31.0 Å². The lowest BCUT2D eigenvalue weighted by molar-refractivity contribution is -0.138. The third kappa shape index (κ3) is 4.45. The van der Waals surface area contributed by atoms with Gasteiger partial charge in [-0.25, -0.2) is 0 Å². The van der Waals surface area contributed by atoms with Gasteiger partial charge in [-0.05, 0) is 37.6 Å². The van der Waals surface area contributed by atoms with E-state index in [9.17, 15) is 18.3 Å². The number of hydrogen-bond donors (Lipinski definition) is 1. The van der Waals surface area contributed by atoms with E-state index in [1.807, 2.05) is 0 Å². The van der Waals surface area contributed by atoms with E-state index in [0.29, 0.717) is 6.54 Å². The molecule has 118 valence electrons. The number of likely N-dealkylation sites (tertiary alicyclic amines) is 1. The molecule has 5 heteroatoms. The van der Waals surface area contributed by atoms with Crippen LogP contribution in [0.5, 0.6) is 0 Å². The van der Waals surface area contributed by atoms with Crippen molar-refractivity contribution in [1.82, 2.24) is 4.90 Å². The average molecular weight is 301 g/mol. The smallest absolute Gasteiger partial charge is 0.396 e. The van der Waals surface area contributed by atoms with Gasteiger partial charge >= 0.3 is 6.18 Å². The Kier molecular flexibility index (Phi) is 5.65. The Hall–Kier alpha value is -1.07. The van der Waals surface area contributed by atoms with Gasteiger partial charge < -0.3 is 10.0 Å². The standard InChI is InChI=1S/C16H22F3NO/c17-16(18,19)15-8-4-3-7-14(15)13(12-21)11-20-9-5-1-2-6-10-20/h3-4,7-8,13,21H,1-2,5-6,9-12H2. The first-order chi connectivity index (χ1) is 10.0. The van der Waals surface area contributed by atoms with Crippen molar-refractivity contribution in [3.05, 3.63) is 35.4 Å². The molecule has 0 bridgehead atoms. The van der Waals surface area contributed by atoms with Gasteiger partial charge in [0.1, 0.15) is 0 Å². The zero-order chi connectivity index (χ0) is 15.3. The Bertz CT molecular complexity index is 439. The Labute approximate surface area is 123 Å². The topological polar surface area (TPSA) is 23.5 Å². The fourth-order valence-electron chi connectivity index (χ4n) is 3.00. The highest BCUT2D eigenvalue weighted by atomic mass is 19.4. The quantitative estimate of drug-likeness (QED) is 0.917. The second-order valence-corrected chi connectivity index (χ2v) is 5.68. The van der Waals surface area contributed by atoms with Crippen molar-refractivity contribution in [2.24, 2.45) is 0 Å². The number of alkyl halides is 3. The van der Waals surface area contributed by atoms with Gasteiger partial charge in [0.15, 0.2) is 0 Å². The van der Waals surface area contributed by atoms with Crippen LogP contribution in [-0.2, 0) is 6.18 Å². The summed E-state index contributed by atoms with van der Waals surface area (Å²) in [5.74, 6) is -0.485. The monoisotopic (exact) mass is 301 g/mol. The number of nitrogens with zero attached hydrogens (tertiary/aromatic N) is 1. The van der Waals surface area contributed by atoms with Crippen molar-refractivity contribution in [2.45, 2.75) is 37.8 Å². The largest absolute Gasteiger partial charge is 0.416 e. The molecule has 1 aromatic carbocycles. The van der Waals surface area contributed by atoms with Crippen molar-refractivity contribution in [3.8, 4) is 0 Å². The molecule has 1 saturated heterocycles. The first-order valence-electron chi connectivity index (χ1n) is 7.51. The number of aliphatic hydroxyl groups is 1. The van der Waals surface area contributed by atoms with Crippen LogP contribution in [0.2, 0.25) is 0 Å². The molecule has 0 aliphatic carbocycles. The SMILES string of the molecule is OCC(CN1CCCCCC1)c1ccccc1C(F)(F)F. The van der Waals surface area contributed by atoms with E-state index in [-0.39, 0.29) is 12.2 Å². The summed E-state index contributed by atoms with van der Waals surface area (Å²) in [7, 11) is 0. The van der Waals surface area contributed by atoms with Crippen LogP contribution in [0.4, 0.5) is 13.2 Å². The molecule has 1 atom stereocenters. The molecule has 0 amide bonds. The number of hydrogen-bond acceptors (Lipinski definition) is 2.